The summed E-state index contributed by atoms with van der Waals surface area (Å²) >= 11 is 6.14. The molecular weight excluding hydrogens is 447 g/mol. The van der Waals surface area contributed by atoms with Gasteiger partial charge >= 0.3 is 7.60 Å². The molecule has 1 aliphatic heterocycles. The van der Waals surface area contributed by atoms with E-state index in [4.69, 9.17) is 25.4 Å². The average Bonchev–Trinajstić information content (AvgIpc) is 2.73. The number of halogens is 1. The number of hydrogen-bond acceptors (Lipinski definition) is 5. The first-order valence-electron chi connectivity index (χ1n) is 11.0. The van der Waals surface area contributed by atoms with Crippen molar-refractivity contribution >= 4 is 19.2 Å². The van der Waals surface area contributed by atoms with Gasteiger partial charge in [-0.2, -0.15) is 0 Å². The van der Waals surface area contributed by atoms with E-state index in [1.165, 1.54) is 0 Å². The number of rotatable bonds is 9. The summed E-state index contributed by atoms with van der Waals surface area (Å²) in [6.07, 6.45) is 1.19. The van der Waals surface area contributed by atoms with Crippen molar-refractivity contribution in [2.45, 2.75) is 64.3 Å². The second-order valence-electron chi connectivity index (χ2n) is 8.49. The molecule has 0 aromatic heterocycles. The minimum atomic E-state index is -3.72. The van der Waals surface area contributed by atoms with E-state index in [2.05, 4.69) is 12.1 Å². The molecule has 1 aliphatic rings. The predicted molar refractivity (Wildman–Crippen MR) is 128 cm³/mol. The quantitative estimate of drug-likeness (QED) is 0.398. The Morgan fingerprint density at radius 1 is 0.969 bits per heavy atom. The molecule has 2 aromatic rings. The summed E-state index contributed by atoms with van der Waals surface area (Å²) in [5, 5.41) is 10.5. The SMILES string of the molecule is CC(C)OP(=O)(OC(C)C)C1=C[C@@H](c2ccc(Cl)cc2)[C@H](c2ccccc2)[C@@H](CCO)O1. The molecule has 1 N–H and O–H groups in total. The monoisotopic (exact) mass is 478 g/mol. The molecule has 3 atom stereocenters. The molecule has 0 spiro atoms. The van der Waals surface area contributed by atoms with E-state index < -0.39 is 13.7 Å². The van der Waals surface area contributed by atoms with Crippen molar-refractivity contribution in [3.63, 3.8) is 0 Å². The largest absolute Gasteiger partial charge is 0.482 e. The highest BCUT2D eigenvalue weighted by atomic mass is 35.5. The van der Waals surface area contributed by atoms with Crippen LogP contribution in [0.4, 0.5) is 0 Å². The molecule has 0 saturated carbocycles. The van der Waals surface area contributed by atoms with Crippen molar-refractivity contribution in [1.29, 1.82) is 0 Å². The van der Waals surface area contributed by atoms with E-state index >= 15 is 0 Å². The third kappa shape index (κ3) is 6.03. The number of ether oxygens (including phenoxy) is 1. The Hall–Kier alpha value is -1.62. The van der Waals surface area contributed by atoms with Crippen LogP contribution in [0.15, 0.2) is 66.2 Å². The molecule has 3 rings (SSSR count). The van der Waals surface area contributed by atoms with E-state index in [1.807, 2.05) is 76.2 Å². The van der Waals surface area contributed by atoms with Crippen LogP contribution in [0.3, 0.4) is 0 Å². The van der Waals surface area contributed by atoms with Gasteiger partial charge < -0.3 is 18.9 Å². The van der Waals surface area contributed by atoms with Crippen LogP contribution in [0.25, 0.3) is 0 Å². The second-order valence-corrected chi connectivity index (χ2v) is 10.8. The van der Waals surface area contributed by atoms with Crippen molar-refractivity contribution in [1.82, 2.24) is 0 Å². The van der Waals surface area contributed by atoms with E-state index in [1.54, 1.807) is 0 Å². The van der Waals surface area contributed by atoms with Crippen molar-refractivity contribution in [3.05, 3.63) is 82.3 Å². The van der Waals surface area contributed by atoms with Gasteiger partial charge in [-0.1, -0.05) is 54.1 Å². The first-order valence-corrected chi connectivity index (χ1v) is 12.9. The smallest absolute Gasteiger partial charge is 0.395 e. The Balaban J connectivity index is 2.16. The highest BCUT2D eigenvalue weighted by molar-refractivity contribution is 7.58. The molecule has 0 bridgehead atoms. The molecule has 0 radical (unpaired) electrons. The topological polar surface area (TPSA) is 65.0 Å². The Bertz CT molecular complexity index is 929. The summed E-state index contributed by atoms with van der Waals surface area (Å²) < 4.78 is 31.8. The fourth-order valence-electron chi connectivity index (χ4n) is 4.05. The molecule has 0 saturated heterocycles. The molecule has 32 heavy (non-hydrogen) atoms. The summed E-state index contributed by atoms with van der Waals surface area (Å²) in [5.74, 6) is -0.269. The van der Waals surface area contributed by atoms with Gasteiger partial charge in [0.15, 0.2) is 0 Å². The minimum absolute atomic E-state index is 0.0605. The zero-order valence-electron chi connectivity index (χ0n) is 19.0. The Morgan fingerprint density at radius 3 is 2.09 bits per heavy atom. The lowest BCUT2D eigenvalue weighted by Crippen LogP contribution is -2.32. The van der Waals surface area contributed by atoms with Gasteiger partial charge in [0, 0.05) is 29.9 Å². The predicted octanol–water partition coefficient (Wildman–Crippen LogP) is 6.87. The molecule has 5 nitrogen and oxygen atoms in total. The van der Waals surface area contributed by atoms with Gasteiger partial charge in [-0.3, -0.25) is 4.57 Å². The van der Waals surface area contributed by atoms with Gasteiger partial charge in [0.25, 0.3) is 0 Å². The van der Waals surface area contributed by atoms with Crippen LogP contribution in [-0.2, 0) is 18.3 Å². The lowest BCUT2D eigenvalue weighted by molar-refractivity contribution is 0.0458. The summed E-state index contributed by atoms with van der Waals surface area (Å²) in [4.78, 5) is 0. The Labute approximate surface area is 195 Å². The van der Waals surface area contributed by atoms with Gasteiger partial charge in [-0.15, -0.1) is 0 Å². The molecule has 0 fully saturated rings. The van der Waals surface area contributed by atoms with Crippen molar-refractivity contribution < 1.29 is 23.5 Å². The standard InChI is InChI=1S/C25H32ClO5P/c1-17(2)30-32(28,31-18(3)4)24-16-22(19-10-12-21(26)13-11-19)25(23(29-24)14-15-27)20-8-6-5-7-9-20/h5-13,16-18,22-23,25,27H,14-15H2,1-4H3/t22-,23+,25-/m0/s1. The number of aliphatic hydroxyl groups is 1. The number of benzene rings is 2. The van der Waals surface area contributed by atoms with Crippen LogP contribution in [-0.4, -0.2) is 30.0 Å². The normalized spacial score (nSPS) is 21.5. The molecular formula is C25H32ClO5P. The summed E-state index contributed by atoms with van der Waals surface area (Å²) in [6, 6.07) is 17.7. The van der Waals surface area contributed by atoms with Gasteiger partial charge in [0.1, 0.15) is 6.10 Å². The number of hydrogen-bond donors (Lipinski definition) is 1. The third-order valence-corrected chi connectivity index (χ3v) is 7.65. The van der Waals surface area contributed by atoms with Gasteiger partial charge in [0.2, 0.25) is 5.50 Å². The van der Waals surface area contributed by atoms with Crippen molar-refractivity contribution in [2.24, 2.45) is 0 Å². The maximum Gasteiger partial charge on any atom is 0.395 e. The first kappa shape index (κ1) is 25.0. The lowest BCUT2D eigenvalue weighted by atomic mass is 9.76. The van der Waals surface area contributed by atoms with Crippen molar-refractivity contribution in [3.8, 4) is 0 Å². The van der Waals surface area contributed by atoms with E-state index in [0.29, 0.717) is 11.4 Å². The van der Waals surface area contributed by atoms with Gasteiger partial charge in [-0.05, 0) is 57.0 Å². The van der Waals surface area contributed by atoms with Crippen LogP contribution < -0.4 is 0 Å². The lowest BCUT2D eigenvalue weighted by Gasteiger charge is -2.39. The number of allylic oxidation sites excluding steroid dienone is 1. The molecule has 0 unspecified atom stereocenters. The molecule has 0 aliphatic carbocycles. The molecule has 7 heteroatoms. The summed E-state index contributed by atoms with van der Waals surface area (Å²) in [7, 11) is -3.72. The summed E-state index contributed by atoms with van der Waals surface area (Å²) in [6.45, 7) is 7.19. The van der Waals surface area contributed by atoms with Gasteiger partial charge in [-0.25, -0.2) is 0 Å². The van der Waals surface area contributed by atoms with E-state index in [9.17, 15) is 9.67 Å². The van der Waals surface area contributed by atoms with Crippen LogP contribution in [0.5, 0.6) is 0 Å². The van der Waals surface area contributed by atoms with Crippen molar-refractivity contribution in [2.75, 3.05) is 6.61 Å². The van der Waals surface area contributed by atoms with Gasteiger partial charge in [0.05, 0.1) is 12.2 Å². The van der Waals surface area contributed by atoms with Crippen LogP contribution in [0, 0.1) is 0 Å². The highest BCUT2D eigenvalue weighted by Gasteiger charge is 2.44. The molecule has 174 valence electrons. The molecule has 1 heterocycles. The third-order valence-electron chi connectivity index (χ3n) is 5.20. The fraction of sp³-hybridized carbons (Fsp3) is 0.440. The van der Waals surface area contributed by atoms with Crippen LogP contribution in [0.2, 0.25) is 5.02 Å². The first-order chi connectivity index (χ1) is 15.2. The zero-order valence-corrected chi connectivity index (χ0v) is 20.6. The van der Waals surface area contributed by atoms with E-state index in [0.717, 1.165) is 11.1 Å². The Kier molecular flexibility index (Phi) is 8.60. The molecule has 2 aromatic carbocycles. The van der Waals surface area contributed by atoms with E-state index in [-0.39, 0.29) is 36.2 Å². The zero-order chi connectivity index (χ0) is 23.3. The number of aliphatic hydroxyl groups excluding tert-OH is 1. The van der Waals surface area contributed by atoms with Crippen LogP contribution in [0.1, 0.15) is 57.1 Å². The minimum Gasteiger partial charge on any atom is -0.482 e. The fourth-order valence-corrected chi connectivity index (χ4v) is 6.15. The summed E-state index contributed by atoms with van der Waals surface area (Å²) in [5.41, 5.74) is 2.28. The second kappa shape index (κ2) is 11.0. The molecule has 0 amide bonds. The van der Waals surface area contributed by atoms with Crippen LogP contribution >= 0.6 is 19.2 Å². The average molecular weight is 479 g/mol. The highest BCUT2D eigenvalue weighted by Crippen LogP contribution is 2.62. The Morgan fingerprint density at radius 2 is 1.56 bits per heavy atom. The maximum absolute atomic E-state index is 13.9. The maximum atomic E-state index is 13.9.